The monoisotopic (exact) mass is 500 g/mol. The Morgan fingerprint density at radius 3 is 2.28 bits per heavy atom. The molecule has 2 unspecified atom stereocenters. The molecule has 0 bridgehead atoms. The first-order chi connectivity index (χ1) is 16.9. The Morgan fingerprint density at radius 2 is 1.75 bits per heavy atom. The minimum Gasteiger partial charge on any atom is -0.444 e. The van der Waals surface area contributed by atoms with E-state index in [9.17, 15) is 19.2 Å². The van der Waals surface area contributed by atoms with Gasteiger partial charge in [-0.3, -0.25) is 14.4 Å². The molecule has 1 aromatic carbocycles. The van der Waals surface area contributed by atoms with Gasteiger partial charge in [0, 0.05) is 12.6 Å². The molecule has 36 heavy (non-hydrogen) atoms. The van der Waals surface area contributed by atoms with Crippen LogP contribution >= 0.6 is 0 Å². The van der Waals surface area contributed by atoms with Gasteiger partial charge in [0.2, 0.25) is 17.7 Å². The van der Waals surface area contributed by atoms with Gasteiger partial charge >= 0.3 is 6.09 Å². The molecule has 4 N–H and O–H groups in total. The van der Waals surface area contributed by atoms with Crippen molar-refractivity contribution >= 4 is 23.8 Å². The standard InChI is InChI=1S/C27H40N4O5/c1-6-16-31(25(34)21(17-22(28)32)30-26(35)36-27(3,4)5)23(19-14-12-18(2)13-15-19)24(33)29-20-10-8-7-9-11-20/h6,12-15,20-21,23H,1,7-11,16-17H2,2-5H3,(H2,28,32)(H,29,33)(H,30,35). The first-order valence-electron chi connectivity index (χ1n) is 12.5. The molecule has 2 atom stereocenters. The quantitative estimate of drug-likeness (QED) is 0.425. The van der Waals surface area contributed by atoms with Crippen LogP contribution in [0.1, 0.15) is 76.5 Å². The van der Waals surface area contributed by atoms with Gasteiger partial charge in [0.1, 0.15) is 17.7 Å². The van der Waals surface area contributed by atoms with Crippen LogP contribution in [-0.4, -0.2) is 52.9 Å². The van der Waals surface area contributed by atoms with Crippen LogP contribution < -0.4 is 16.4 Å². The van der Waals surface area contributed by atoms with E-state index in [0.717, 1.165) is 37.7 Å². The third-order valence-corrected chi connectivity index (χ3v) is 5.91. The minimum atomic E-state index is -1.31. The molecule has 9 heteroatoms. The average molecular weight is 501 g/mol. The lowest BCUT2D eigenvalue weighted by Crippen LogP contribution is -2.54. The number of carbonyl (C=O) groups excluding carboxylic acids is 4. The first kappa shape index (κ1) is 28.9. The van der Waals surface area contributed by atoms with Crippen molar-refractivity contribution in [3.8, 4) is 0 Å². The second-order valence-electron chi connectivity index (χ2n) is 10.3. The van der Waals surface area contributed by atoms with Gasteiger partial charge in [-0.15, -0.1) is 6.58 Å². The zero-order valence-corrected chi connectivity index (χ0v) is 21.8. The fraction of sp³-hybridized carbons (Fsp3) is 0.556. The molecule has 1 saturated carbocycles. The van der Waals surface area contributed by atoms with E-state index in [2.05, 4.69) is 17.2 Å². The van der Waals surface area contributed by atoms with E-state index in [1.54, 1.807) is 32.9 Å². The van der Waals surface area contributed by atoms with E-state index in [1.807, 2.05) is 19.1 Å². The summed E-state index contributed by atoms with van der Waals surface area (Å²) in [5.74, 6) is -1.73. The first-order valence-corrected chi connectivity index (χ1v) is 12.5. The molecule has 2 rings (SSSR count). The number of hydrogen-bond acceptors (Lipinski definition) is 5. The van der Waals surface area contributed by atoms with Crippen molar-refractivity contribution in [3.63, 3.8) is 0 Å². The molecule has 0 heterocycles. The highest BCUT2D eigenvalue weighted by molar-refractivity contribution is 5.94. The van der Waals surface area contributed by atoms with Crippen LogP contribution in [0.5, 0.6) is 0 Å². The number of nitrogens with zero attached hydrogens (tertiary/aromatic N) is 1. The highest BCUT2D eigenvalue weighted by Crippen LogP contribution is 2.25. The maximum absolute atomic E-state index is 13.8. The van der Waals surface area contributed by atoms with Gasteiger partial charge in [-0.1, -0.05) is 55.2 Å². The Hall–Kier alpha value is -3.36. The summed E-state index contributed by atoms with van der Waals surface area (Å²) in [6.07, 6.45) is 5.17. The summed E-state index contributed by atoms with van der Waals surface area (Å²) in [4.78, 5) is 53.0. The van der Waals surface area contributed by atoms with Crippen LogP contribution in [0, 0.1) is 6.92 Å². The molecule has 0 aliphatic heterocycles. The van der Waals surface area contributed by atoms with Crippen molar-refractivity contribution < 1.29 is 23.9 Å². The highest BCUT2D eigenvalue weighted by Gasteiger charge is 2.37. The van der Waals surface area contributed by atoms with E-state index >= 15 is 0 Å². The Bertz CT molecular complexity index is 932. The molecule has 1 aliphatic carbocycles. The molecule has 0 spiro atoms. The fourth-order valence-corrected chi connectivity index (χ4v) is 4.26. The number of hydrogen-bond donors (Lipinski definition) is 3. The van der Waals surface area contributed by atoms with E-state index in [-0.39, 0.29) is 18.5 Å². The number of nitrogens with one attached hydrogen (secondary N) is 2. The number of alkyl carbamates (subject to hydrolysis) is 1. The van der Waals surface area contributed by atoms with Crippen LogP contribution in [0.25, 0.3) is 0 Å². The van der Waals surface area contributed by atoms with Gasteiger partial charge < -0.3 is 26.0 Å². The highest BCUT2D eigenvalue weighted by atomic mass is 16.6. The molecule has 0 saturated heterocycles. The number of benzene rings is 1. The molecular weight excluding hydrogens is 460 g/mol. The van der Waals surface area contributed by atoms with Crippen LogP contribution in [0.2, 0.25) is 0 Å². The van der Waals surface area contributed by atoms with Crippen molar-refractivity contribution in [2.45, 2.75) is 89.9 Å². The SMILES string of the molecule is C=CCN(C(=O)C(CC(N)=O)NC(=O)OC(C)(C)C)C(C(=O)NC1CCCCC1)c1ccc(C)cc1. The van der Waals surface area contributed by atoms with Gasteiger partial charge in [-0.2, -0.15) is 0 Å². The molecule has 1 aliphatic rings. The van der Waals surface area contributed by atoms with E-state index in [0.29, 0.717) is 5.56 Å². The van der Waals surface area contributed by atoms with Gasteiger partial charge in [0.05, 0.1) is 6.42 Å². The second kappa shape index (κ2) is 13.1. The van der Waals surface area contributed by atoms with Crippen molar-refractivity contribution in [1.82, 2.24) is 15.5 Å². The summed E-state index contributed by atoms with van der Waals surface area (Å²) < 4.78 is 5.27. The minimum absolute atomic E-state index is 0.0146. The summed E-state index contributed by atoms with van der Waals surface area (Å²) in [5.41, 5.74) is 6.20. The normalized spacial score (nSPS) is 15.8. The zero-order valence-electron chi connectivity index (χ0n) is 21.8. The van der Waals surface area contributed by atoms with Crippen molar-refractivity contribution in [3.05, 3.63) is 48.0 Å². The van der Waals surface area contributed by atoms with Crippen LogP contribution in [0.3, 0.4) is 0 Å². The lowest BCUT2D eigenvalue weighted by atomic mass is 9.94. The zero-order chi connectivity index (χ0) is 26.9. The Kier molecular flexibility index (Phi) is 10.5. The number of carbonyl (C=O) groups is 4. The lowest BCUT2D eigenvalue weighted by Gasteiger charge is -2.35. The second-order valence-corrected chi connectivity index (χ2v) is 10.3. The van der Waals surface area contributed by atoms with Crippen molar-refractivity contribution in [2.24, 2.45) is 5.73 Å². The molecule has 9 nitrogen and oxygen atoms in total. The van der Waals surface area contributed by atoms with E-state index in [4.69, 9.17) is 10.5 Å². The topological polar surface area (TPSA) is 131 Å². The smallest absolute Gasteiger partial charge is 0.408 e. The summed E-state index contributed by atoms with van der Waals surface area (Å²) in [5, 5.41) is 5.57. The van der Waals surface area contributed by atoms with Crippen molar-refractivity contribution in [1.29, 1.82) is 0 Å². The number of amides is 4. The summed E-state index contributed by atoms with van der Waals surface area (Å²) >= 11 is 0. The summed E-state index contributed by atoms with van der Waals surface area (Å²) in [6, 6.07) is 5.06. The molecule has 1 fully saturated rings. The average Bonchev–Trinajstić information content (AvgIpc) is 2.78. The van der Waals surface area contributed by atoms with E-state index in [1.165, 1.54) is 11.0 Å². The number of aryl methyl sites for hydroxylation is 1. The largest absolute Gasteiger partial charge is 0.444 e. The molecule has 4 amide bonds. The third kappa shape index (κ3) is 9.02. The molecule has 0 aromatic heterocycles. The number of primary amides is 1. The van der Waals surface area contributed by atoms with Gasteiger partial charge in [-0.05, 0) is 46.1 Å². The Morgan fingerprint density at radius 1 is 1.14 bits per heavy atom. The Labute approximate surface area is 213 Å². The van der Waals surface area contributed by atoms with Gasteiger partial charge in [0.15, 0.2) is 0 Å². The van der Waals surface area contributed by atoms with Crippen LogP contribution in [0.4, 0.5) is 4.79 Å². The summed E-state index contributed by atoms with van der Waals surface area (Å²) in [7, 11) is 0. The lowest BCUT2D eigenvalue weighted by molar-refractivity contribution is -0.143. The summed E-state index contributed by atoms with van der Waals surface area (Å²) in [6.45, 7) is 10.7. The molecule has 198 valence electrons. The maximum Gasteiger partial charge on any atom is 0.408 e. The number of ether oxygens (including phenoxy) is 1. The molecule has 1 aromatic rings. The van der Waals surface area contributed by atoms with Crippen LogP contribution in [0.15, 0.2) is 36.9 Å². The fourth-order valence-electron chi connectivity index (χ4n) is 4.26. The Balaban J connectivity index is 2.41. The number of rotatable bonds is 10. The number of nitrogens with two attached hydrogens (primary N) is 1. The predicted molar refractivity (Wildman–Crippen MR) is 138 cm³/mol. The van der Waals surface area contributed by atoms with Gasteiger partial charge in [0.25, 0.3) is 0 Å². The maximum atomic E-state index is 13.8. The predicted octanol–water partition coefficient (Wildman–Crippen LogP) is 3.27. The van der Waals surface area contributed by atoms with Crippen molar-refractivity contribution in [2.75, 3.05) is 6.54 Å². The van der Waals surface area contributed by atoms with Gasteiger partial charge in [-0.25, -0.2) is 4.79 Å². The third-order valence-electron chi connectivity index (χ3n) is 5.91. The van der Waals surface area contributed by atoms with E-state index < -0.39 is 42.0 Å². The molecular formula is C27H40N4O5. The van der Waals surface area contributed by atoms with Crippen LogP contribution in [-0.2, 0) is 19.1 Å². The molecule has 0 radical (unpaired) electrons.